The Morgan fingerprint density at radius 1 is 1.19 bits per heavy atom. The number of ether oxygens (including phenoxy) is 1. The summed E-state index contributed by atoms with van der Waals surface area (Å²) in [5.41, 5.74) is 0.972. The van der Waals surface area contributed by atoms with E-state index < -0.39 is 12.7 Å². The van der Waals surface area contributed by atoms with Crippen LogP contribution in [0.4, 0.5) is 17.6 Å². The van der Waals surface area contributed by atoms with Gasteiger partial charge in [0.25, 0.3) is 0 Å². The molecular formula is C21H31F4N5O. The molecule has 2 aliphatic rings. The molecule has 2 N–H and O–H groups in total. The lowest BCUT2D eigenvalue weighted by molar-refractivity contribution is -0.143. The van der Waals surface area contributed by atoms with Crippen molar-refractivity contribution in [3.05, 3.63) is 35.6 Å². The fraction of sp³-hybridized carbons (Fsp3) is 0.667. The average Bonchev–Trinajstić information content (AvgIpc) is 3.15. The smallest absolute Gasteiger partial charge is 0.379 e. The number of alkyl halides is 3. The lowest BCUT2D eigenvalue weighted by Crippen LogP contribution is -2.46. The van der Waals surface area contributed by atoms with Crippen LogP contribution in [0, 0.1) is 5.82 Å². The third-order valence-corrected chi connectivity index (χ3v) is 5.52. The van der Waals surface area contributed by atoms with Crippen molar-refractivity contribution in [3.8, 4) is 0 Å². The highest BCUT2D eigenvalue weighted by Crippen LogP contribution is 2.23. The minimum absolute atomic E-state index is 0.0368. The van der Waals surface area contributed by atoms with Crippen molar-refractivity contribution in [1.82, 2.24) is 20.4 Å². The number of halogens is 4. The first-order chi connectivity index (χ1) is 14.8. The van der Waals surface area contributed by atoms with Gasteiger partial charge in [-0.25, -0.2) is 4.39 Å². The van der Waals surface area contributed by atoms with Gasteiger partial charge in [0.2, 0.25) is 0 Å². The van der Waals surface area contributed by atoms with Gasteiger partial charge in [0.15, 0.2) is 5.96 Å². The van der Waals surface area contributed by atoms with Gasteiger partial charge < -0.3 is 15.4 Å². The Balaban J connectivity index is 1.66. The zero-order chi connectivity index (χ0) is 22.3. The maximum Gasteiger partial charge on any atom is 0.401 e. The van der Waals surface area contributed by atoms with Crippen LogP contribution in [0.1, 0.15) is 24.9 Å². The van der Waals surface area contributed by atoms with Crippen molar-refractivity contribution < 1.29 is 22.3 Å². The van der Waals surface area contributed by atoms with Crippen molar-refractivity contribution >= 4 is 5.96 Å². The summed E-state index contributed by atoms with van der Waals surface area (Å²) >= 11 is 0. The molecule has 0 bridgehead atoms. The molecule has 0 amide bonds. The van der Waals surface area contributed by atoms with Crippen LogP contribution in [0.3, 0.4) is 0 Å². The Kier molecular flexibility index (Phi) is 8.50. The number of nitrogens with zero attached hydrogens (tertiary/aromatic N) is 3. The van der Waals surface area contributed by atoms with Crippen LogP contribution in [0.25, 0.3) is 0 Å². The predicted octanol–water partition coefficient (Wildman–Crippen LogP) is 2.39. The minimum Gasteiger partial charge on any atom is -0.379 e. The van der Waals surface area contributed by atoms with Crippen LogP contribution in [-0.4, -0.2) is 87.0 Å². The van der Waals surface area contributed by atoms with Crippen LogP contribution in [-0.2, 0) is 4.74 Å². The van der Waals surface area contributed by atoms with Gasteiger partial charge in [-0.1, -0.05) is 12.1 Å². The summed E-state index contributed by atoms with van der Waals surface area (Å²) in [5, 5.41) is 6.46. The van der Waals surface area contributed by atoms with Gasteiger partial charge in [0, 0.05) is 38.8 Å². The minimum atomic E-state index is -4.19. The maximum absolute atomic E-state index is 13.4. The van der Waals surface area contributed by atoms with E-state index >= 15 is 0 Å². The highest BCUT2D eigenvalue weighted by Gasteiger charge is 2.34. The van der Waals surface area contributed by atoms with E-state index in [9.17, 15) is 17.6 Å². The Morgan fingerprint density at radius 2 is 1.90 bits per heavy atom. The quantitative estimate of drug-likeness (QED) is 0.384. The lowest BCUT2D eigenvalue weighted by Gasteiger charge is -2.34. The Hall–Kier alpha value is -1.91. The van der Waals surface area contributed by atoms with Crippen molar-refractivity contribution in [2.45, 2.75) is 31.6 Å². The molecule has 3 rings (SSSR count). The standard InChI is InChI=1S/C21H31F4N5O/c1-2-26-20(28-18-7-8-29(14-18)15-21(23,24)25)27-13-19(30-9-11-31-12-10-30)16-3-5-17(22)6-4-16/h3-6,18-19H,2,7-15H2,1H3,(H2,26,27,28). The molecule has 174 valence electrons. The summed E-state index contributed by atoms with van der Waals surface area (Å²) in [7, 11) is 0. The summed E-state index contributed by atoms with van der Waals surface area (Å²) in [6, 6.07) is 6.32. The third kappa shape index (κ3) is 7.62. The van der Waals surface area contributed by atoms with E-state index in [0.29, 0.717) is 51.8 Å². The molecule has 31 heavy (non-hydrogen) atoms. The normalized spacial score (nSPS) is 22.5. The fourth-order valence-electron chi connectivity index (χ4n) is 4.04. The molecule has 10 heteroatoms. The second kappa shape index (κ2) is 11.1. The monoisotopic (exact) mass is 445 g/mol. The first kappa shape index (κ1) is 23.7. The van der Waals surface area contributed by atoms with Gasteiger partial charge in [0.1, 0.15) is 5.82 Å². The van der Waals surface area contributed by atoms with E-state index in [0.717, 1.165) is 18.7 Å². The summed E-state index contributed by atoms with van der Waals surface area (Å²) in [6.45, 7) is 5.67. The van der Waals surface area contributed by atoms with E-state index in [2.05, 4.69) is 15.5 Å². The van der Waals surface area contributed by atoms with Gasteiger partial charge in [0.05, 0.1) is 32.3 Å². The molecule has 2 aliphatic heterocycles. The number of benzene rings is 1. The third-order valence-electron chi connectivity index (χ3n) is 5.52. The van der Waals surface area contributed by atoms with Crippen LogP contribution in [0.15, 0.2) is 29.3 Å². The van der Waals surface area contributed by atoms with Gasteiger partial charge in [-0.2, -0.15) is 13.2 Å². The molecule has 2 unspecified atom stereocenters. The van der Waals surface area contributed by atoms with Crippen molar-refractivity contribution in [1.29, 1.82) is 0 Å². The Bertz CT molecular complexity index is 707. The van der Waals surface area contributed by atoms with E-state index in [-0.39, 0.29) is 17.9 Å². The zero-order valence-corrected chi connectivity index (χ0v) is 17.8. The van der Waals surface area contributed by atoms with Crippen molar-refractivity contribution in [2.75, 3.05) is 59.0 Å². The fourth-order valence-corrected chi connectivity index (χ4v) is 4.04. The highest BCUT2D eigenvalue weighted by atomic mass is 19.4. The molecule has 0 aromatic heterocycles. The van der Waals surface area contributed by atoms with E-state index in [1.165, 1.54) is 17.0 Å². The maximum atomic E-state index is 13.4. The molecule has 6 nitrogen and oxygen atoms in total. The molecule has 2 heterocycles. The van der Waals surface area contributed by atoms with Gasteiger partial charge >= 0.3 is 6.18 Å². The van der Waals surface area contributed by atoms with Crippen molar-refractivity contribution in [3.63, 3.8) is 0 Å². The van der Waals surface area contributed by atoms with Crippen LogP contribution in [0.5, 0.6) is 0 Å². The number of likely N-dealkylation sites (tertiary alicyclic amines) is 1. The van der Waals surface area contributed by atoms with Crippen LogP contribution >= 0.6 is 0 Å². The first-order valence-electron chi connectivity index (χ1n) is 10.8. The molecule has 1 aromatic rings. The molecule has 1 aromatic carbocycles. The average molecular weight is 446 g/mol. The van der Waals surface area contributed by atoms with E-state index in [4.69, 9.17) is 9.73 Å². The number of rotatable bonds is 7. The zero-order valence-electron chi connectivity index (χ0n) is 17.8. The number of aliphatic imine (C=N–C) groups is 1. The first-order valence-corrected chi connectivity index (χ1v) is 10.8. The molecule has 0 aliphatic carbocycles. The number of guanidine groups is 1. The molecule has 0 radical (unpaired) electrons. The SMILES string of the molecule is CCNC(=NCC(c1ccc(F)cc1)N1CCOCC1)NC1CCN(CC(F)(F)F)C1. The number of morpholine rings is 1. The predicted molar refractivity (Wildman–Crippen MR) is 112 cm³/mol. The Morgan fingerprint density at radius 3 is 2.55 bits per heavy atom. The Labute approximate surface area is 180 Å². The summed E-state index contributed by atoms with van der Waals surface area (Å²) in [5.74, 6) is 0.300. The summed E-state index contributed by atoms with van der Waals surface area (Å²) in [6.07, 6.45) is -3.56. The van der Waals surface area contributed by atoms with Crippen LogP contribution < -0.4 is 10.6 Å². The molecule has 2 saturated heterocycles. The molecule has 0 spiro atoms. The number of nitrogens with one attached hydrogen (secondary N) is 2. The topological polar surface area (TPSA) is 52.1 Å². The van der Waals surface area contributed by atoms with Gasteiger partial charge in [-0.3, -0.25) is 14.8 Å². The largest absolute Gasteiger partial charge is 0.401 e. The molecule has 0 saturated carbocycles. The lowest BCUT2D eigenvalue weighted by atomic mass is 10.0. The second-order valence-corrected chi connectivity index (χ2v) is 7.92. The summed E-state index contributed by atoms with van der Waals surface area (Å²) < 4.78 is 56.8. The van der Waals surface area contributed by atoms with Crippen LogP contribution in [0.2, 0.25) is 0 Å². The number of hydrogen-bond donors (Lipinski definition) is 2. The number of hydrogen-bond acceptors (Lipinski definition) is 4. The van der Waals surface area contributed by atoms with Gasteiger partial charge in [-0.15, -0.1) is 0 Å². The molecule has 2 atom stereocenters. The highest BCUT2D eigenvalue weighted by molar-refractivity contribution is 5.80. The molecule has 2 fully saturated rings. The second-order valence-electron chi connectivity index (χ2n) is 7.92. The van der Waals surface area contributed by atoms with E-state index in [1.54, 1.807) is 12.1 Å². The molecular weight excluding hydrogens is 414 g/mol. The summed E-state index contributed by atoms with van der Waals surface area (Å²) in [4.78, 5) is 8.41. The van der Waals surface area contributed by atoms with E-state index in [1.807, 2.05) is 6.92 Å². The van der Waals surface area contributed by atoms with Crippen molar-refractivity contribution in [2.24, 2.45) is 4.99 Å². The van der Waals surface area contributed by atoms with Gasteiger partial charge in [-0.05, 0) is 31.0 Å².